The van der Waals surface area contributed by atoms with E-state index in [-0.39, 0.29) is 17.7 Å². The van der Waals surface area contributed by atoms with Crippen LogP contribution in [0.3, 0.4) is 0 Å². The molecule has 0 saturated carbocycles. The highest BCUT2D eigenvalue weighted by molar-refractivity contribution is 7.14. The molecule has 1 aliphatic rings. The Morgan fingerprint density at radius 1 is 1.43 bits per heavy atom. The number of hydrogen-bond acceptors (Lipinski definition) is 7. The minimum atomic E-state index is -0.205. The molecule has 1 unspecified atom stereocenters. The van der Waals surface area contributed by atoms with Gasteiger partial charge in [-0.3, -0.25) is 9.59 Å². The highest BCUT2D eigenvalue weighted by Gasteiger charge is 2.29. The number of aryl methyl sites for hydroxylation is 1. The van der Waals surface area contributed by atoms with Crippen LogP contribution in [-0.2, 0) is 4.79 Å². The maximum atomic E-state index is 12.6. The van der Waals surface area contributed by atoms with Crippen molar-refractivity contribution in [3.63, 3.8) is 0 Å². The molecular formula is C14H17N5O3S. The van der Waals surface area contributed by atoms with Crippen LogP contribution < -0.4 is 5.32 Å². The number of amides is 2. The number of likely N-dealkylation sites (tertiary alicyclic amines) is 1. The van der Waals surface area contributed by atoms with Gasteiger partial charge in [-0.25, -0.2) is 4.98 Å². The average molecular weight is 335 g/mol. The van der Waals surface area contributed by atoms with Crippen LogP contribution in [0.4, 0.5) is 5.13 Å². The molecule has 1 N–H and O–H groups in total. The van der Waals surface area contributed by atoms with Crippen molar-refractivity contribution in [3.8, 4) is 0 Å². The Morgan fingerprint density at radius 3 is 2.96 bits per heavy atom. The number of carbonyl (C=O) groups excluding carboxylic acids is 2. The smallest absolute Gasteiger partial charge is 0.273 e. The fraction of sp³-hybridized carbons (Fsp3) is 0.500. The number of anilines is 1. The summed E-state index contributed by atoms with van der Waals surface area (Å²) in [7, 11) is 0. The Balaban J connectivity index is 1.69. The van der Waals surface area contributed by atoms with Gasteiger partial charge in [-0.15, -0.1) is 11.3 Å². The van der Waals surface area contributed by atoms with Crippen LogP contribution >= 0.6 is 11.3 Å². The van der Waals surface area contributed by atoms with Crippen molar-refractivity contribution in [2.75, 3.05) is 18.4 Å². The molecule has 1 aliphatic heterocycles. The maximum Gasteiger partial charge on any atom is 0.273 e. The van der Waals surface area contributed by atoms with Gasteiger partial charge in [-0.1, -0.05) is 5.16 Å². The van der Waals surface area contributed by atoms with E-state index >= 15 is 0 Å². The first-order chi connectivity index (χ1) is 11.0. The molecule has 2 aromatic rings. The van der Waals surface area contributed by atoms with Crippen molar-refractivity contribution in [1.82, 2.24) is 20.0 Å². The Hall–Kier alpha value is -2.29. The van der Waals surface area contributed by atoms with Gasteiger partial charge < -0.3 is 14.7 Å². The molecule has 0 bridgehead atoms. The summed E-state index contributed by atoms with van der Waals surface area (Å²) in [4.78, 5) is 33.8. The summed E-state index contributed by atoms with van der Waals surface area (Å²) in [5.41, 5.74) is 0.351. The van der Waals surface area contributed by atoms with Crippen LogP contribution in [0, 0.1) is 6.92 Å². The third-order valence-electron chi connectivity index (χ3n) is 3.62. The number of nitrogens with one attached hydrogen (secondary N) is 1. The van der Waals surface area contributed by atoms with Gasteiger partial charge >= 0.3 is 0 Å². The summed E-state index contributed by atoms with van der Waals surface area (Å²) in [5, 5.41) is 8.64. The van der Waals surface area contributed by atoms with E-state index in [0.717, 1.165) is 12.8 Å². The van der Waals surface area contributed by atoms with Crippen molar-refractivity contribution < 1.29 is 14.1 Å². The van der Waals surface area contributed by atoms with E-state index in [1.54, 1.807) is 17.2 Å². The molecule has 3 heterocycles. The van der Waals surface area contributed by atoms with E-state index in [0.29, 0.717) is 35.6 Å². The fourth-order valence-electron chi connectivity index (χ4n) is 2.60. The lowest BCUT2D eigenvalue weighted by atomic mass is 9.97. The number of nitrogens with zero attached hydrogens (tertiary/aromatic N) is 4. The molecule has 1 saturated heterocycles. The molecule has 1 atom stereocenters. The summed E-state index contributed by atoms with van der Waals surface area (Å²) >= 11 is 1.24. The number of piperidine rings is 1. The van der Waals surface area contributed by atoms with Gasteiger partial charge in [-0.05, 0) is 12.8 Å². The quantitative estimate of drug-likeness (QED) is 0.918. The fourth-order valence-corrected chi connectivity index (χ4v) is 3.33. The second kappa shape index (κ2) is 6.45. The highest BCUT2D eigenvalue weighted by atomic mass is 32.1. The molecule has 3 rings (SSSR count). The standard InChI is InChI=1S/C14H17N5O3S/c1-8(20)15-14-17-11(7-23-14)13(21)19-5-3-4-10(6-19)12-16-9(2)22-18-12/h7,10H,3-6H2,1-2H3,(H,15,17,20). The van der Waals surface area contributed by atoms with Gasteiger partial charge in [-0.2, -0.15) is 4.98 Å². The molecular weight excluding hydrogens is 318 g/mol. The van der Waals surface area contributed by atoms with Crippen LogP contribution in [0.2, 0.25) is 0 Å². The average Bonchev–Trinajstić information content (AvgIpc) is 3.15. The number of thiazole rings is 1. The summed E-state index contributed by atoms with van der Waals surface area (Å²) in [6.45, 7) is 4.38. The van der Waals surface area contributed by atoms with E-state index < -0.39 is 0 Å². The zero-order valence-corrected chi connectivity index (χ0v) is 13.7. The lowest BCUT2D eigenvalue weighted by molar-refractivity contribution is -0.114. The van der Waals surface area contributed by atoms with E-state index in [1.807, 2.05) is 0 Å². The van der Waals surface area contributed by atoms with Crippen LogP contribution in [-0.4, -0.2) is 44.9 Å². The molecule has 2 amide bonds. The third-order valence-corrected chi connectivity index (χ3v) is 4.38. The molecule has 0 aromatic carbocycles. The molecule has 0 aliphatic carbocycles. The topological polar surface area (TPSA) is 101 Å². The highest BCUT2D eigenvalue weighted by Crippen LogP contribution is 2.26. The molecule has 122 valence electrons. The molecule has 8 nitrogen and oxygen atoms in total. The van der Waals surface area contributed by atoms with Crippen molar-refractivity contribution >= 4 is 28.3 Å². The minimum Gasteiger partial charge on any atom is -0.340 e. The Labute approximate surface area is 136 Å². The van der Waals surface area contributed by atoms with Gasteiger partial charge in [0.25, 0.3) is 5.91 Å². The van der Waals surface area contributed by atoms with E-state index in [9.17, 15) is 9.59 Å². The van der Waals surface area contributed by atoms with Gasteiger partial charge in [0.1, 0.15) is 5.69 Å². The number of rotatable bonds is 3. The first-order valence-electron chi connectivity index (χ1n) is 7.35. The first-order valence-corrected chi connectivity index (χ1v) is 8.23. The van der Waals surface area contributed by atoms with Crippen molar-refractivity contribution in [3.05, 3.63) is 22.8 Å². The predicted molar refractivity (Wildman–Crippen MR) is 83.3 cm³/mol. The number of hydrogen-bond donors (Lipinski definition) is 1. The second-order valence-corrected chi connectivity index (χ2v) is 6.34. The lowest BCUT2D eigenvalue weighted by Gasteiger charge is -2.30. The monoisotopic (exact) mass is 335 g/mol. The SMILES string of the molecule is CC(=O)Nc1nc(C(=O)N2CCCC(c3noc(C)n3)C2)cs1. The molecule has 9 heteroatoms. The lowest BCUT2D eigenvalue weighted by Crippen LogP contribution is -2.39. The first kappa shape index (κ1) is 15.6. The minimum absolute atomic E-state index is 0.0820. The predicted octanol–water partition coefficient (Wildman–Crippen LogP) is 1.81. The van der Waals surface area contributed by atoms with Gasteiger partial charge in [0.15, 0.2) is 11.0 Å². The molecule has 1 fully saturated rings. The van der Waals surface area contributed by atoms with Crippen molar-refractivity contribution in [2.24, 2.45) is 0 Å². The largest absolute Gasteiger partial charge is 0.340 e. The Kier molecular flexibility index (Phi) is 4.37. The van der Waals surface area contributed by atoms with Crippen LogP contribution in [0.5, 0.6) is 0 Å². The van der Waals surface area contributed by atoms with E-state index in [4.69, 9.17) is 4.52 Å². The number of aromatic nitrogens is 3. The van der Waals surface area contributed by atoms with Gasteiger partial charge in [0, 0.05) is 38.2 Å². The Bertz CT molecular complexity index is 726. The van der Waals surface area contributed by atoms with Crippen LogP contribution in [0.25, 0.3) is 0 Å². The van der Waals surface area contributed by atoms with E-state index in [1.165, 1.54) is 18.3 Å². The summed E-state index contributed by atoms with van der Waals surface area (Å²) in [6, 6.07) is 0. The molecule has 0 radical (unpaired) electrons. The summed E-state index contributed by atoms with van der Waals surface area (Å²) in [5.74, 6) is 0.922. The summed E-state index contributed by atoms with van der Waals surface area (Å²) in [6.07, 6.45) is 1.81. The van der Waals surface area contributed by atoms with Gasteiger partial charge in [0.2, 0.25) is 11.8 Å². The normalized spacial score (nSPS) is 18.0. The number of carbonyl (C=O) groups is 2. The molecule has 0 spiro atoms. The Morgan fingerprint density at radius 2 is 2.26 bits per heavy atom. The molecule has 2 aromatic heterocycles. The molecule has 23 heavy (non-hydrogen) atoms. The van der Waals surface area contributed by atoms with Crippen molar-refractivity contribution in [1.29, 1.82) is 0 Å². The zero-order chi connectivity index (χ0) is 16.4. The van der Waals surface area contributed by atoms with Crippen LogP contribution in [0.15, 0.2) is 9.90 Å². The zero-order valence-electron chi connectivity index (χ0n) is 12.9. The van der Waals surface area contributed by atoms with E-state index in [2.05, 4.69) is 20.4 Å². The second-order valence-electron chi connectivity index (χ2n) is 5.48. The summed E-state index contributed by atoms with van der Waals surface area (Å²) < 4.78 is 5.02. The van der Waals surface area contributed by atoms with Gasteiger partial charge in [0.05, 0.1) is 0 Å². The van der Waals surface area contributed by atoms with Crippen molar-refractivity contribution in [2.45, 2.75) is 32.6 Å². The maximum absolute atomic E-state index is 12.6. The van der Waals surface area contributed by atoms with Crippen LogP contribution in [0.1, 0.15) is 47.9 Å². The third kappa shape index (κ3) is 3.55.